The van der Waals surface area contributed by atoms with Crippen LogP contribution in [-0.2, 0) is 6.54 Å². The van der Waals surface area contributed by atoms with E-state index in [-0.39, 0.29) is 5.91 Å². The first-order chi connectivity index (χ1) is 13.7. The first kappa shape index (κ1) is 17.7. The van der Waals surface area contributed by atoms with Crippen LogP contribution >= 0.6 is 0 Å². The molecule has 4 aromatic rings. The summed E-state index contributed by atoms with van der Waals surface area (Å²) in [4.78, 5) is 16.9. The zero-order valence-electron chi connectivity index (χ0n) is 15.7. The van der Waals surface area contributed by atoms with Gasteiger partial charge in [-0.15, -0.1) is 0 Å². The Morgan fingerprint density at radius 3 is 2.29 bits per heavy atom. The van der Waals surface area contributed by atoms with E-state index < -0.39 is 0 Å². The van der Waals surface area contributed by atoms with Gasteiger partial charge in [-0.05, 0) is 41.8 Å². The number of carbonyl (C=O) groups is 1. The molecule has 0 saturated carbocycles. The Hall–Kier alpha value is -3.66. The lowest BCUT2D eigenvalue weighted by Crippen LogP contribution is -2.23. The number of imidazole rings is 1. The molecule has 0 aliphatic heterocycles. The zero-order valence-corrected chi connectivity index (χ0v) is 15.7. The molecule has 4 nitrogen and oxygen atoms in total. The van der Waals surface area contributed by atoms with Gasteiger partial charge in [-0.2, -0.15) is 0 Å². The average Bonchev–Trinajstić information content (AvgIpc) is 3.18. The molecule has 0 radical (unpaired) electrons. The highest BCUT2D eigenvalue weighted by Gasteiger charge is 2.10. The van der Waals surface area contributed by atoms with Crippen LogP contribution < -0.4 is 5.32 Å². The topological polar surface area (TPSA) is 46.9 Å². The maximum absolute atomic E-state index is 12.6. The van der Waals surface area contributed by atoms with Gasteiger partial charge in [0.25, 0.3) is 5.91 Å². The predicted molar refractivity (Wildman–Crippen MR) is 111 cm³/mol. The Labute approximate surface area is 164 Å². The molecule has 0 bridgehead atoms. The second-order valence-electron chi connectivity index (χ2n) is 6.60. The van der Waals surface area contributed by atoms with Crippen LogP contribution in [0.2, 0.25) is 0 Å². The maximum atomic E-state index is 12.6. The van der Waals surface area contributed by atoms with E-state index in [4.69, 9.17) is 0 Å². The molecule has 4 heteroatoms. The maximum Gasteiger partial charge on any atom is 0.251 e. The number of nitrogens with zero attached hydrogens (tertiary/aromatic N) is 2. The lowest BCUT2D eigenvalue weighted by Gasteiger charge is -2.13. The van der Waals surface area contributed by atoms with Gasteiger partial charge in [0.2, 0.25) is 0 Å². The van der Waals surface area contributed by atoms with E-state index in [0.29, 0.717) is 12.1 Å². The van der Waals surface area contributed by atoms with Crippen molar-refractivity contribution in [2.24, 2.45) is 0 Å². The summed E-state index contributed by atoms with van der Waals surface area (Å²) in [6.07, 6.45) is 3.71. The predicted octanol–water partition coefficient (Wildman–Crippen LogP) is 4.78. The van der Waals surface area contributed by atoms with Crippen LogP contribution in [0.25, 0.3) is 16.8 Å². The molecule has 4 rings (SSSR count). The summed E-state index contributed by atoms with van der Waals surface area (Å²) >= 11 is 0. The molecule has 0 spiro atoms. The van der Waals surface area contributed by atoms with E-state index >= 15 is 0 Å². The fraction of sp³-hybridized carbons (Fsp3) is 0.0833. The van der Waals surface area contributed by atoms with Gasteiger partial charge in [0.05, 0.1) is 5.69 Å². The van der Waals surface area contributed by atoms with Crippen LogP contribution in [0, 0.1) is 6.92 Å². The number of hydrogen-bond acceptors (Lipinski definition) is 2. The summed E-state index contributed by atoms with van der Waals surface area (Å²) in [7, 11) is 0. The summed E-state index contributed by atoms with van der Waals surface area (Å²) in [5, 5.41) is 3.02. The highest BCUT2D eigenvalue weighted by molar-refractivity contribution is 5.94. The normalized spacial score (nSPS) is 10.6. The SMILES string of the molecule is Cc1nccn1-c1ccccc1CNC(=O)c1ccc(-c2ccccc2)cc1. The van der Waals surface area contributed by atoms with Crippen molar-refractivity contribution in [1.29, 1.82) is 0 Å². The zero-order chi connectivity index (χ0) is 19.3. The number of aryl methyl sites for hydroxylation is 1. The summed E-state index contributed by atoms with van der Waals surface area (Å²) in [6.45, 7) is 2.41. The molecule has 1 N–H and O–H groups in total. The van der Waals surface area contributed by atoms with Gasteiger partial charge < -0.3 is 9.88 Å². The number of rotatable bonds is 5. The second kappa shape index (κ2) is 7.92. The van der Waals surface area contributed by atoms with Crippen molar-refractivity contribution in [3.8, 4) is 16.8 Å². The third-order valence-corrected chi connectivity index (χ3v) is 4.77. The van der Waals surface area contributed by atoms with Crippen LogP contribution in [0.3, 0.4) is 0 Å². The molecule has 1 heterocycles. The Morgan fingerprint density at radius 1 is 0.893 bits per heavy atom. The highest BCUT2D eigenvalue weighted by atomic mass is 16.1. The molecule has 0 saturated heterocycles. The standard InChI is InChI=1S/C24H21N3O/c1-18-25-15-16-27(18)23-10-6-5-9-22(23)17-26-24(28)21-13-11-20(12-14-21)19-7-3-2-4-8-19/h2-16H,17H2,1H3,(H,26,28). The van der Waals surface area contributed by atoms with Gasteiger partial charge in [-0.25, -0.2) is 4.98 Å². The molecule has 28 heavy (non-hydrogen) atoms. The molecule has 1 amide bonds. The van der Waals surface area contributed by atoms with Crippen molar-refractivity contribution >= 4 is 5.91 Å². The van der Waals surface area contributed by atoms with Crippen LogP contribution in [-0.4, -0.2) is 15.5 Å². The molecule has 1 aromatic heterocycles. The number of para-hydroxylation sites is 1. The molecule has 0 aliphatic carbocycles. The first-order valence-corrected chi connectivity index (χ1v) is 9.24. The lowest BCUT2D eigenvalue weighted by atomic mass is 10.0. The van der Waals surface area contributed by atoms with Crippen molar-refractivity contribution in [1.82, 2.24) is 14.9 Å². The number of nitrogens with one attached hydrogen (secondary N) is 1. The lowest BCUT2D eigenvalue weighted by molar-refractivity contribution is 0.0951. The smallest absolute Gasteiger partial charge is 0.251 e. The van der Waals surface area contributed by atoms with Gasteiger partial charge >= 0.3 is 0 Å². The Kier molecular flexibility index (Phi) is 5.02. The van der Waals surface area contributed by atoms with Crippen LogP contribution in [0.5, 0.6) is 0 Å². The molecular weight excluding hydrogens is 346 g/mol. The van der Waals surface area contributed by atoms with Gasteiger partial charge in [-0.3, -0.25) is 4.79 Å². The molecule has 138 valence electrons. The Balaban J connectivity index is 1.48. The van der Waals surface area contributed by atoms with Crippen LogP contribution in [0.4, 0.5) is 0 Å². The van der Waals surface area contributed by atoms with E-state index in [2.05, 4.69) is 22.4 Å². The number of hydrogen-bond donors (Lipinski definition) is 1. The molecule has 0 aliphatic rings. The van der Waals surface area contributed by atoms with E-state index in [1.54, 1.807) is 6.20 Å². The van der Waals surface area contributed by atoms with E-state index in [9.17, 15) is 4.79 Å². The fourth-order valence-electron chi connectivity index (χ4n) is 3.25. The Morgan fingerprint density at radius 2 is 1.57 bits per heavy atom. The number of carbonyl (C=O) groups excluding carboxylic acids is 1. The van der Waals surface area contributed by atoms with Crippen molar-refractivity contribution in [3.05, 3.63) is 108 Å². The summed E-state index contributed by atoms with van der Waals surface area (Å²) in [5.41, 5.74) is 4.95. The largest absolute Gasteiger partial charge is 0.348 e. The molecule has 0 atom stereocenters. The monoisotopic (exact) mass is 367 g/mol. The third kappa shape index (κ3) is 3.71. The van der Waals surface area contributed by atoms with Crippen molar-refractivity contribution in [2.45, 2.75) is 13.5 Å². The van der Waals surface area contributed by atoms with E-state index in [0.717, 1.165) is 28.2 Å². The number of aromatic nitrogens is 2. The minimum atomic E-state index is -0.0863. The summed E-state index contributed by atoms with van der Waals surface area (Å²) in [6, 6.07) is 25.8. The molecular formula is C24H21N3O. The molecule has 0 fully saturated rings. The second-order valence-corrected chi connectivity index (χ2v) is 6.60. The fourth-order valence-corrected chi connectivity index (χ4v) is 3.25. The number of benzene rings is 3. The van der Waals surface area contributed by atoms with Gasteiger partial charge in [-0.1, -0.05) is 60.7 Å². The summed E-state index contributed by atoms with van der Waals surface area (Å²) < 4.78 is 2.02. The number of amides is 1. The van der Waals surface area contributed by atoms with Crippen LogP contribution in [0.15, 0.2) is 91.3 Å². The van der Waals surface area contributed by atoms with Crippen LogP contribution in [0.1, 0.15) is 21.7 Å². The minimum absolute atomic E-state index is 0.0863. The van der Waals surface area contributed by atoms with Crippen molar-refractivity contribution < 1.29 is 4.79 Å². The van der Waals surface area contributed by atoms with E-state index in [1.807, 2.05) is 84.4 Å². The average molecular weight is 367 g/mol. The quantitative estimate of drug-likeness (QED) is 0.552. The first-order valence-electron chi connectivity index (χ1n) is 9.24. The molecule has 3 aromatic carbocycles. The Bertz CT molecular complexity index is 1080. The van der Waals surface area contributed by atoms with E-state index in [1.165, 1.54) is 0 Å². The summed E-state index contributed by atoms with van der Waals surface area (Å²) in [5.74, 6) is 0.826. The van der Waals surface area contributed by atoms with Gasteiger partial charge in [0, 0.05) is 24.5 Å². The molecule has 0 unspecified atom stereocenters. The minimum Gasteiger partial charge on any atom is -0.348 e. The van der Waals surface area contributed by atoms with Gasteiger partial charge in [0.15, 0.2) is 0 Å². The van der Waals surface area contributed by atoms with Crippen molar-refractivity contribution in [3.63, 3.8) is 0 Å². The highest BCUT2D eigenvalue weighted by Crippen LogP contribution is 2.20. The van der Waals surface area contributed by atoms with Gasteiger partial charge in [0.1, 0.15) is 5.82 Å². The van der Waals surface area contributed by atoms with Crippen molar-refractivity contribution in [2.75, 3.05) is 0 Å². The third-order valence-electron chi connectivity index (χ3n) is 4.77.